The highest BCUT2D eigenvalue weighted by molar-refractivity contribution is 5.76. The Morgan fingerprint density at radius 2 is 1.71 bits per heavy atom. The maximum atomic E-state index is 4.51. The minimum absolute atomic E-state index is 0.907. The van der Waals surface area contributed by atoms with E-state index in [1.807, 2.05) is 24.4 Å². The van der Waals surface area contributed by atoms with Gasteiger partial charge in [-0.1, -0.05) is 36.4 Å². The third-order valence-corrected chi connectivity index (χ3v) is 3.64. The zero-order valence-corrected chi connectivity index (χ0v) is 12.1. The Labute approximate surface area is 125 Å². The zero-order valence-electron chi connectivity index (χ0n) is 12.1. The van der Waals surface area contributed by atoms with Gasteiger partial charge in [0.05, 0.1) is 11.9 Å². The molecule has 0 aliphatic carbocycles. The minimum atomic E-state index is 0.907. The van der Waals surface area contributed by atoms with E-state index in [0.717, 1.165) is 38.4 Å². The van der Waals surface area contributed by atoms with Gasteiger partial charge in [-0.25, -0.2) is 0 Å². The lowest BCUT2D eigenvalue weighted by Crippen LogP contribution is -2.43. The fourth-order valence-corrected chi connectivity index (χ4v) is 2.45. The molecule has 1 aromatic carbocycles. The number of hydrazone groups is 1. The molecule has 1 saturated heterocycles. The third-order valence-electron chi connectivity index (χ3n) is 3.64. The quantitative estimate of drug-likeness (QED) is 0.805. The molecule has 1 aromatic heterocycles. The van der Waals surface area contributed by atoms with E-state index >= 15 is 0 Å². The molecular weight excluding hydrogens is 260 g/mol. The van der Waals surface area contributed by atoms with E-state index in [2.05, 4.69) is 50.3 Å². The van der Waals surface area contributed by atoms with Crippen LogP contribution in [0.5, 0.6) is 0 Å². The predicted octanol–water partition coefficient (Wildman–Crippen LogP) is 2.23. The van der Waals surface area contributed by atoms with Gasteiger partial charge >= 0.3 is 0 Å². The van der Waals surface area contributed by atoms with Crippen molar-refractivity contribution in [1.82, 2.24) is 14.9 Å². The molecule has 4 heteroatoms. The number of nitrogens with zero attached hydrogens (tertiary/aromatic N) is 4. The number of hydrogen-bond acceptors (Lipinski definition) is 4. The summed E-state index contributed by atoms with van der Waals surface area (Å²) >= 11 is 0. The van der Waals surface area contributed by atoms with Crippen LogP contribution in [-0.2, 0) is 6.54 Å². The van der Waals surface area contributed by atoms with Gasteiger partial charge in [-0.3, -0.25) is 14.9 Å². The molecule has 0 radical (unpaired) electrons. The smallest absolute Gasteiger partial charge is 0.0830 e. The third kappa shape index (κ3) is 4.13. The highest BCUT2D eigenvalue weighted by Crippen LogP contribution is 2.08. The standard InChI is InChI=1S/C17H20N4/c1-2-6-16(7-3-1)15-20-10-12-21(13-11-20)19-14-17-8-4-5-9-18-17/h1-9,14H,10-13,15H2/b19-14+. The summed E-state index contributed by atoms with van der Waals surface area (Å²) in [6.45, 7) is 5.06. The summed E-state index contributed by atoms with van der Waals surface area (Å²) in [6, 6.07) is 16.5. The lowest BCUT2D eigenvalue weighted by Gasteiger charge is -2.33. The largest absolute Gasteiger partial charge is 0.295 e. The monoisotopic (exact) mass is 280 g/mol. The lowest BCUT2D eigenvalue weighted by atomic mass is 10.2. The van der Waals surface area contributed by atoms with Crippen LogP contribution in [-0.4, -0.2) is 47.3 Å². The second kappa shape index (κ2) is 6.99. The molecule has 1 aliphatic heterocycles. The van der Waals surface area contributed by atoms with Crippen LogP contribution < -0.4 is 0 Å². The van der Waals surface area contributed by atoms with Crippen LogP contribution in [0.15, 0.2) is 59.8 Å². The molecule has 1 fully saturated rings. The van der Waals surface area contributed by atoms with Crippen molar-refractivity contribution in [2.75, 3.05) is 26.2 Å². The summed E-state index contributed by atoms with van der Waals surface area (Å²) < 4.78 is 0. The molecule has 0 saturated carbocycles. The van der Waals surface area contributed by atoms with Crippen molar-refractivity contribution in [2.45, 2.75) is 6.54 Å². The zero-order chi connectivity index (χ0) is 14.3. The van der Waals surface area contributed by atoms with Crippen LogP contribution in [0.2, 0.25) is 0 Å². The highest BCUT2D eigenvalue weighted by atomic mass is 15.5. The first kappa shape index (κ1) is 13.8. The fourth-order valence-electron chi connectivity index (χ4n) is 2.45. The number of aromatic nitrogens is 1. The van der Waals surface area contributed by atoms with Gasteiger partial charge in [0, 0.05) is 38.9 Å². The SMILES string of the molecule is C(=N\N1CCN(Cc2ccccc2)CC1)/c1ccccn1. The average molecular weight is 280 g/mol. The molecule has 1 aliphatic rings. The van der Waals surface area contributed by atoms with Gasteiger partial charge in [0.15, 0.2) is 0 Å². The highest BCUT2D eigenvalue weighted by Gasteiger charge is 2.15. The Balaban J connectivity index is 1.48. The predicted molar refractivity (Wildman–Crippen MR) is 85.1 cm³/mol. The van der Waals surface area contributed by atoms with E-state index in [4.69, 9.17) is 0 Å². The van der Waals surface area contributed by atoms with Crippen LogP contribution in [0.1, 0.15) is 11.3 Å². The van der Waals surface area contributed by atoms with Crippen molar-refractivity contribution >= 4 is 6.21 Å². The molecule has 0 bridgehead atoms. The molecule has 0 N–H and O–H groups in total. The van der Waals surface area contributed by atoms with Crippen LogP contribution in [0, 0.1) is 0 Å². The van der Waals surface area contributed by atoms with E-state index in [9.17, 15) is 0 Å². The van der Waals surface area contributed by atoms with E-state index in [-0.39, 0.29) is 0 Å². The van der Waals surface area contributed by atoms with Crippen molar-refractivity contribution < 1.29 is 0 Å². The second-order valence-electron chi connectivity index (χ2n) is 5.21. The topological polar surface area (TPSA) is 31.7 Å². The van der Waals surface area contributed by atoms with Gasteiger partial charge in [0.2, 0.25) is 0 Å². The second-order valence-corrected chi connectivity index (χ2v) is 5.21. The molecule has 21 heavy (non-hydrogen) atoms. The van der Waals surface area contributed by atoms with Crippen LogP contribution in [0.25, 0.3) is 0 Å². The Kier molecular flexibility index (Phi) is 4.59. The Bertz CT molecular complexity index is 560. The van der Waals surface area contributed by atoms with Gasteiger partial charge < -0.3 is 0 Å². The molecule has 0 spiro atoms. The maximum absolute atomic E-state index is 4.51. The van der Waals surface area contributed by atoms with Gasteiger partial charge in [-0.2, -0.15) is 5.10 Å². The summed E-state index contributed by atoms with van der Waals surface area (Å²) in [4.78, 5) is 6.72. The summed E-state index contributed by atoms with van der Waals surface area (Å²) in [5, 5.41) is 6.64. The minimum Gasteiger partial charge on any atom is -0.295 e. The molecule has 108 valence electrons. The number of pyridine rings is 1. The van der Waals surface area contributed by atoms with Gasteiger partial charge in [0.1, 0.15) is 0 Å². The summed E-state index contributed by atoms with van der Waals surface area (Å²) in [6.07, 6.45) is 3.63. The van der Waals surface area contributed by atoms with Crippen molar-refractivity contribution in [2.24, 2.45) is 5.10 Å². The van der Waals surface area contributed by atoms with Crippen LogP contribution >= 0.6 is 0 Å². The van der Waals surface area contributed by atoms with Gasteiger partial charge in [0.25, 0.3) is 0 Å². The fraction of sp³-hybridized carbons (Fsp3) is 0.294. The summed E-state index contributed by atoms with van der Waals surface area (Å²) in [5.74, 6) is 0. The van der Waals surface area contributed by atoms with Crippen molar-refractivity contribution in [1.29, 1.82) is 0 Å². The van der Waals surface area contributed by atoms with Crippen LogP contribution in [0.3, 0.4) is 0 Å². The van der Waals surface area contributed by atoms with Crippen LogP contribution in [0.4, 0.5) is 0 Å². The van der Waals surface area contributed by atoms with Crippen molar-refractivity contribution in [3.63, 3.8) is 0 Å². The van der Waals surface area contributed by atoms with Gasteiger partial charge in [-0.05, 0) is 17.7 Å². The molecule has 4 nitrogen and oxygen atoms in total. The summed E-state index contributed by atoms with van der Waals surface area (Å²) in [5.41, 5.74) is 2.28. The maximum Gasteiger partial charge on any atom is 0.0830 e. The Hall–Kier alpha value is -2.20. The Morgan fingerprint density at radius 3 is 2.43 bits per heavy atom. The molecule has 0 amide bonds. The molecule has 0 atom stereocenters. The average Bonchev–Trinajstić information content (AvgIpc) is 2.56. The van der Waals surface area contributed by atoms with E-state index in [1.54, 1.807) is 6.20 Å². The summed E-state index contributed by atoms with van der Waals surface area (Å²) in [7, 11) is 0. The first-order chi connectivity index (χ1) is 10.4. The van der Waals surface area contributed by atoms with Crippen molar-refractivity contribution in [3.05, 3.63) is 66.0 Å². The van der Waals surface area contributed by atoms with E-state index in [0.29, 0.717) is 0 Å². The molecule has 0 unspecified atom stereocenters. The Morgan fingerprint density at radius 1 is 0.952 bits per heavy atom. The van der Waals surface area contributed by atoms with Crippen molar-refractivity contribution in [3.8, 4) is 0 Å². The molecular formula is C17H20N4. The number of hydrogen-bond donors (Lipinski definition) is 0. The first-order valence-corrected chi connectivity index (χ1v) is 7.36. The normalized spacial score (nSPS) is 16.5. The first-order valence-electron chi connectivity index (χ1n) is 7.36. The lowest BCUT2D eigenvalue weighted by molar-refractivity contribution is 0.131. The number of rotatable bonds is 4. The molecule has 3 rings (SSSR count). The van der Waals surface area contributed by atoms with E-state index < -0.39 is 0 Å². The van der Waals surface area contributed by atoms with Gasteiger partial charge in [-0.15, -0.1) is 0 Å². The van der Waals surface area contributed by atoms with E-state index in [1.165, 1.54) is 5.56 Å². The number of benzene rings is 1. The number of piperazine rings is 1. The molecule has 2 aromatic rings. The molecule has 2 heterocycles.